The molecule has 1 saturated heterocycles. The number of aliphatic imine (C=N–C) groups is 1. The number of carbonyl (C=O) groups excluding carboxylic acids is 4. The molecule has 0 aliphatic carbocycles. The molecule has 1 aromatic rings. The van der Waals surface area contributed by atoms with Crippen molar-refractivity contribution in [3.8, 4) is 0 Å². The molecule has 1 aliphatic rings. The highest BCUT2D eigenvalue weighted by atomic mass is 16.2. The maximum absolute atomic E-state index is 12.9. The smallest absolute Gasteiger partial charge is 0.251 e. The van der Waals surface area contributed by atoms with Gasteiger partial charge in [0, 0.05) is 25.2 Å². The lowest BCUT2D eigenvalue weighted by Crippen LogP contribution is -2.53. The number of amides is 3. The molecule has 1 aromatic carbocycles. The van der Waals surface area contributed by atoms with Crippen LogP contribution in [0.2, 0.25) is 0 Å². The standard InChI is InChI=1S/C25H39N7O4/c1-17-9-11-18(12-10-17)22(34)29-13-3-2-7-20(26)24(36)32-15-5-8-21(32)23(35)31-19(16-33)6-4-14-30-25(27)28/h9-12,16,19-21H,2-8,13-15,26H2,1H3,(H,29,34)(H,31,35)(H4,27,28,30)/t19-,20+,21-/m0/s1. The number of nitrogens with two attached hydrogens (primary N) is 3. The van der Waals surface area contributed by atoms with Crippen molar-refractivity contribution in [3.63, 3.8) is 0 Å². The molecule has 0 spiro atoms. The first-order valence-electron chi connectivity index (χ1n) is 12.4. The highest BCUT2D eigenvalue weighted by Gasteiger charge is 2.36. The fraction of sp³-hybridized carbons (Fsp3) is 0.560. The zero-order chi connectivity index (χ0) is 26.5. The van der Waals surface area contributed by atoms with Gasteiger partial charge in [-0.3, -0.25) is 19.4 Å². The van der Waals surface area contributed by atoms with Gasteiger partial charge in [-0.25, -0.2) is 0 Å². The minimum Gasteiger partial charge on any atom is -0.370 e. The number of aldehydes is 1. The molecule has 0 aromatic heterocycles. The van der Waals surface area contributed by atoms with Crippen molar-refractivity contribution in [3.05, 3.63) is 35.4 Å². The van der Waals surface area contributed by atoms with E-state index in [4.69, 9.17) is 17.2 Å². The number of guanidine groups is 1. The number of hydrogen-bond donors (Lipinski definition) is 5. The zero-order valence-electron chi connectivity index (χ0n) is 20.9. The van der Waals surface area contributed by atoms with E-state index in [0.717, 1.165) is 5.56 Å². The lowest BCUT2D eigenvalue weighted by molar-refractivity contribution is -0.140. The van der Waals surface area contributed by atoms with Crippen LogP contribution in [-0.4, -0.2) is 72.6 Å². The average molecular weight is 502 g/mol. The summed E-state index contributed by atoms with van der Waals surface area (Å²) in [4.78, 5) is 54.6. The van der Waals surface area contributed by atoms with Crippen LogP contribution >= 0.6 is 0 Å². The number of nitrogens with one attached hydrogen (secondary N) is 2. The summed E-state index contributed by atoms with van der Waals surface area (Å²) < 4.78 is 0. The summed E-state index contributed by atoms with van der Waals surface area (Å²) >= 11 is 0. The van der Waals surface area contributed by atoms with Gasteiger partial charge >= 0.3 is 0 Å². The Morgan fingerprint density at radius 3 is 2.53 bits per heavy atom. The summed E-state index contributed by atoms with van der Waals surface area (Å²) in [5.74, 6) is -0.783. The Kier molecular flexibility index (Phi) is 11.8. The topological polar surface area (TPSA) is 186 Å². The summed E-state index contributed by atoms with van der Waals surface area (Å²) in [5, 5.41) is 5.58. The van der Waals surface area contributed by atoms with Crippen LogP contribution in [0, 0.1) is 6.92 Å². The SMILES string of the molecule is Cc1ccc(C(=O)NCCCC[C@@H](N)C(=O)N2CCC[C@H]2C(=O)N[C@H](C=O)CCCN=C(N)N)cc1. The van der Waals surface area contributed by atoms with E-state index in [1.54, 1.807) is 12.1 Å². The predicted octanol–water partition coefficient (Wildman–Crippen LogP) is -0.0493. The highest BCUT2D eigenvalue weighted by Crippen LogP contribution is 2.19. The van der Waals surface area contributed by atoms with Crippen molar-refractivity contribution in [2.75, 3.05) is 19.6 Å². The van der Waals surface area contributed by atoms with Crippen molar-refractivity contribution in [1.82, 2.24) is 15.5 Å². The molecule has 198 valence electrons. The van der Waals surface area contributed by atoms with Crippen LogP contribution < -0.4 is 27.8 Å². The van der Waals surface area contributed by atoms with Crippen LogP contribution in [0.4, 0.5) is 0 Å². The van der Waals surface area contributed by atoms with Crippen molar-refractivity contribution in [2.24, 2.45) is 22.2 Å². The van der Waals surface area contributed by atoms with Gasteiger partial charge in [0.15, 0.2) is 5.96 Å². The second-order valence-corrected chi connectivity index (χ2v) is 9.11. The molecule has 2 rings (SSSR count). The third kappa shape index (κ3) is 9.29. The Morgan fingerprint density at radius 2 is 1.86 bits per heavy atom. The van der Waals surface area contributed by atoms with Crippen LogP contribution in [0.25, 0.3) is 0 Å². The van der Waals surface area contributed by atoms with E-state index in [1.165, 1.54) is 4.90 Å². The van der Waals surface area contributed by atoms with Crippen LogP contribution in [0.3, 0.4) is 0 Å². The van der Waals surface area contributed by atoms with Gasteiger partial charge in [0.05, 0.1) is 12.1 Å². The maximum Gasteiger partial charge on any atom is 0.251 e. The molecule has 0 saturated carbocycles. The van der Waals surface area contributed by atoms with E-state index < -0.39 is 18.1 Å². The van der Waals surface area contributed by atoms with E-state index in [-0.39, 0.29) is 23.7 Å². The van der Waals surface area contributed by atoms with Gasteiger partial charge in [0.25, 0.3) is 5.91 Å². The normalized spacial score (nSPS) is 16.6. The quantitative estimate of drug-likeness (QED) is 0.102. The second-order valence-electron chi connectivity index (χ2n) is 9.11. The Labute approximate surface area is 212 Å². The lowest BCUT2D eigenvalue weighted by atomic mass is 10.1. The number of benzene rings is 1. The fourth-order valence-electron chi connectivity index (χ4n) is 4.11. The molecular weight excluding hydrogens is 462 g/mol. The van der Waals surface area contributed by atoms with Gasteiger partial charge in [-0.1, -0.05) is 17.7 Å². The Bertz CT molecular complexity index is 915. The lowest BCUT2D eigenvalue weighted by Gasteiger charge is -2.27. The molecule has 36 heavy (non-hydrogen) atoms. The molecule has 1 fully saturated rings. The number of unbranched alkanes of at least 4 members (excludes halogenated alkanes) is 1. The molecule has 1 aliphatic heterocycles. The number of nitrogens with zero attached hydrogens (tertiary/aromatic N) is 2. The molecule has 1 heterocycles. The van der Waals surface area contributed by atoms with Crippen molar-refractivity contribution in [1.29, 1.82) is 0 Å². The van der Waals surface area contributed by atoms with E-state index in [0.29, 0.717) is 76.4 Å². The summed E-state index contributed by atoms with van der Waals surface area (Å²) in [7, 11) is 0. The van der Waals surface area contributed by atoms with Crippen LogP contribution in [0.1, 0.15) is 60.9 Å². The van der Waals surface area contributed by atoms with Crippen molar-refractivity contribution >= 4 is 30.0 Å². The summed E-state index contributed by atoms with van der Waals surface area (Å²) in [6, 6.07) is 5.30. The van der Waals surface area contributed by atoms with Gasteiger partial charge in [0.1, 0.15) is 12.3 Å². The highest BCUT2D eigenvalue weighted by molar-refractivity contribution is 5.94. The molecule has 3 amide bonds. The minimum atomic E-state index is -0.729. The van der Waals surface area contributed by atoms with Gasteiger partial charge in [-0.15, -0.1) is 0 Å². The monoisotopic (exact) mass is 501 g/mol. The number of rotatable bonds is 14. The van der Waals surface area contributed by atoms with E-state index in [1.807, 2.05) is 19.1 Å². The Balaban J connectivity index is 1.74. The van der Waals surface area contributed by atoms with Gasteiger partial charge < -0.3 is 37.5 Å². The largest absolute Gasteiger partial charge is 0.370 e. The third-order valence-electron chi connectivity index (χ3n) is 6.16. The first-order chi connectivity index (χ1) is 17.2. The predicted molar refractivity (Wildman–Crippen MR) is 138 cm³/mol. The summed E-state index contributed by atoms with van der Waals surface area (Å²) in [5.41, 5.74) is 18.4. The van der Waals surface area contributed by atoms with Gasteiger partial charge in [-0.2, -0.15) is 0 Å². The number of carbonyl (C=O) groups is 4. The molecule has 11 nitrogen and oxygen atoms in total. The fourth-order valence-corrected chi connectivity index (χ4v) is 4.11. The molecular formula is C25H39N7O4. The van der Waals surface area contributed by atoms with E-state index in [2.05, 4.69) is 15.6 Å². The van der Waals surface area contributed by atoms with E-state index in [9.17, 15) is 19.2 Å². The molecule has 0 bridgehead atoms. The zero-order valence-corrected chi connectivity index (χ0v) is 20.9. The minimum absolute atomic E-state index is 0.0230. The maximum atomic E-state index is 12.9. The van der Waals surface area contributed by atoms with Gasteiger partial charge in [-0.05, 0) is 64.0 Å². The Morgan fingerprint density at radius 1 is 1.14 bits per heavy atom. The number of likely N-dealkylation sites (tertiary alicyclic amines) is 1. The average Bonchev–Trinajstić information content (AvgIpc) is 3.35. The number of aryl methyl sites for hydroxylation is 1. The van der Waals surface area contributed by atoms with E-state index >= 15 is 0 Å². The first-order valence-corrected chi connectivity index (χ1v) is 12.4. The number of hydrogen-bond acceptors (Lipinski definition) is 6. The van der Waals surface area contributed by atoms with Gasteiger partial charge in [0.2, 0.25) is 11.8 Å². The van der Waals surface area contributed by atoms with Crippen LogP contribution in [-0.2, 0) is 14.4 Å². The third-order valence-corrected chi connectivity index (χ3v) is 6.16. The summed E-state index contributed by atoms with van der Waals surface area (Å²) in [6.07, 6.45) is 4.62. The van der Waals surface area contributed by atoms with Crippen LogP contribution in [0.15, 0.2) is 29.3 Å². The van der Waals surface area contributed by atoms with Crippen LogP contribution in [0.5, 0.6) is 0 Å². The Hall–Kier alpha value is -3.47. The summed E-state index contributed by atoms with van der Waals surface area (Å²) in [6.45, 7) is 3.26. The van der Waals surface area contributed by atoms with Crippen molar-refractivity contribution < 1.29 is 19.2 Å². The second kappa shape index (κ2) is 14.8. The molecule has 8 N–H and O–H groups in total. The first kappa shape index (κ1) is 28.8. The molecule has 0 radical (unpaired) electrons. The van der Waals surface area contributed by atoms with Crippen molar-refractivity contribution in [2.45, 2.75) is 70.0 Å². The molecule has 11 heteroatoms. The molecule has 0 unspecified atom stereocenters. The molecule has 3 atom stereocenters.